The molecule has 8 nitrogen and oxygen atoms in total. The van der Waals surface area contributed by atoms with Crippen molar-refractivity contribution in [2.75, 3.05) is 51.3 Å². The van der Waals surface area contributed by atoms with E-state index in [4.69, 9.17) is 9.47 Å². The number of nitrogens with one attached hydrogen (secondary N) is 2. The predicted octanol–water partition coefficient (Wildman–Crippen LogP) is 0.640. The molecule has 1 saturated heterocycles. The zero-order chi connectivity index (χ0) is 18.8. The van der Waals surface area contributed by atoms with Gasteiger partial charge in [-0.25, -0.2) is 4.79 Å². The first-order valence-corrected chi connectivity index (χ1v) is 8.76. The van der Waals surface area contributed by atoms with Crippen molar-refractivity contribution in [3.8, 4) is 0 Å². The largest absolute Gasteiger partial charge is 0.462 e. The van der Waals surface area contributed by atoms with Crippen molar-refractivity contribution < 1.29 is 23.9 Å². The highest BCUT2D eigenvalue weighted by molar-refractivity contribution is 6.39. The van der Waals surface area contributed by atoms with Gasteiger partial charge in [0.05, 0.1) is 25.4 Å². The van der Waals surface area contributed by atoms with Crippen LogP contribution in [0.2, 0.25) is 0 Å². The molecule has 0 spiro atoms. The van der Waals surface area contributed by atoms with Gasteiger partial charge in [-0.2, -0.15) is 0 Å². The molecule has 0 aromatic heterocycles. The van der Waals surface area contributed by atoms with E-state index in [1.807, 2.05) is 0 Å². The number of morpholine rings is 1. The first-order valence-electron chi connectivity index (χ1n) is 8.76. The summed E-state index contributed by atoms with van der Waals surface area (Å²) in [7, 11) is 0. The van der Waals surface area contributed by atoms with Gasteiger partial charge in [-0.05, 0) is 44.2 Å². The van der Waals surface area contributed by atoms with Gasteiger partial charge in [0.1, 0.15) is 0 Å². The van der Waals surface area contributed by atoms with E-state index in [1.54, 1.807) is 19.1 Å². The summed E-state index contributed by atoms with van der Waals surface area (Å²) in [5.74, 6) is -1.84. The summed E-state index contributed by atoms with van der Waals surface area (Å²) in [5, 5.41) is 5.11. The van der Waals surface area contributed by atoms with Crippen molar-refractivity contribution in [1.82, 2.24) is 10.2 Å². The van der Waals surface area contributed by atoms with Gasteiger partial charge in [0.25, 0.3) is 0 Å². The molecular formula is C18H25N3O5. The van der Waals surface area contributed by atoms with Crippen molar-refractivity contribution >= 4 is 23.5 Å². The minimum absolute atomic E-state index is 0.295. The smallest absolute Gasteiger partial charge is 0.338 e. The maximum Gasteiger partial charge on any atom is 0.338 e. The van der Waals surface area contributed by atoms with E-state index in [9.17, 15) is 14.4 Å². The zero-order valence-electron chi connectivity index (χ0n) is 15.0. The fourth-order valence-corrected chi connectivity index (χ4v) is 2.50. The molecule has 1 fully saturated rings. The minimum Gasteiger partial charge on any atom is -0.462 e. The molecule has 2 rings (SSSR count). The van der Waals surface area contributed by atoms with Crippen LogP contribution in [0.15, 0.2) is 24.3 Å². The van der Waals surface area contributed by atoms with Crippen LogP contribution in [0.4, 0.5) is 5.69 Å². The first kappa shape index (κ1) is 19.9. The average molecular weight is 363 g/mol. The maximum absolute atomic E-state index is 11.9. The summed E-state index contributed by atoms with van der Waals surface area (Å²) in [6.45, 7) is 6.60. The first-order chi connectivity index (χ1) is 12.6. The van der Waals surface area contributed by atoms with E-state index >= 15 is 0 Å². The van der Waals surface area contributed by atoms with E-state index in [0.717, 1.165) is 39.3 Å². The molecular weight excluding hydrogens is 338 g/mol. The van der Waals surface area contributed by atoms with Gasteiger partial charge < -0.3 is 20.1 Å². The van der Waals surface area contributed by atoms with E-state index < -0.39 is 17.8 Å². The SMILES string of the molecule is CCOC(=O)c1ccc(NC(=O)C(=O)NCCCN2CCOCC2)cc1. The minimum atomic E-state index is -0.736. The van der Waals surface area contributed by atoms with Crippen LogP contribution < -0.4 is 10.6 Å². The summed E-state index contributed by atoms with van der Waals surface area (Å²) in [6.07, 6.45) is 0.771. The summed E-state index contributed by atoms with van der Waals surface area (Å²) in [6, 6.07) is 6.17. The predicted molar refractivity (Wildman–Crippen MR) is 95.9 cm³/mol. The van der Waals surface area contributed by atoms with Gasteiger partial charge in [-0.3, -0.25) is 14.5 Å². The van der Waals surface area contributed by atoms with Crippen LogP contribution >= 0.6 is 0 Å². The van der Waals surface area contributed by atoms with Crippen LogP contribution in [0.25, 0.3) is 0 Å². The molecule has 0 radical (unpaired) electrons. The summed E-state index contributed by atoms with van der Waals surface area (Å²) in [5.41, 5.74) is 0.823. The van der Waals surface area contributed by atoms with Crippen LogP contribution in [-0.2, 0) is 19.1 Å². The second-order valence-electron chi connectivity index (χ2n) is 5.82. The van der Waals surface area contributed by atoms with Crippen molar-refractivity contribution in [1.29, 1.82) is 0 Å². The number of hydrogen-bond donors (Lipinski definition) is 2. The fraction of sp³-hybridized carbons (Fsp3) is 0.500. The third kappa shape index (κ3) is 6.45. The lowest BCUT2D eigenvalue weighted by Gasteiger charge is -2.26. The molecule has 0 bridgehead atoms. The Morgan fingerprint density at radius 1 is 1.12 bits per heavy atom. The van der Waals surface area contributed by atoms with Gasteiger partial charge in [0.2, 0.25) is 0 Å². The third-order valence-corrected chi connectivity index (χ3v) is 3.90. The van der Waals surface area contributed by atoms with Gasteiger partial charge >= 0.3 is 17.8 Å². The number of anilines is 1. The van der Waals surface area contributed by atoms with E-state index in [2.05, 4.69) is 15.5 Å². The highest BCUT2D eigenvalue weighted by Crippen LogP contribution is 2.10. The highest BCUT2D eigenvalue weighted by atomic mass is 16.5. The Morgan fingerprint density at radius 3 is 2.46 bits per heavy atom. The van der Waals surface area contributed by atoms with Crippen LogP contribution in [0.5, 0.6) is 0 Å². The lowest BCUT2D eigenvalue weighted by atomic mass is 10.2. The van der Waals surface area contributed by atoms with Gasteiger partial charge in [-0.15, -0.1) is 0 Å². The Morgan fingerprint density at radius 2 is 1.81 bits per heavy atom. The summed E-state index contributed by atoms with van der Waals surface area (Å²) >= 11 is 0. The Hall–Kier alpha value is -2.45. The number of amides is 2. The molecule has 1 aromatic carbocycles. The molecule has 0 unspecified atom stereocenters. The van der Waals surface area contributed by atoms with E-state index in [1.165, 1.54) is 12.1 Å². The number of rotatable bonds is 7. The summed E-state index contributed by atoms with van der Waals surface area (Å²) in [4.78, 5) is 37.5. The molecule has 2 amide bonds. The average Bonchev–Trinajstić information content (AvgIpc) is 2.66. The van der Waals surface area contributed by atoms with Crippen LogP contribution in [0.3, 0.4) is 0 Å². The van der Waals surface area contributed by atoms with Crippen LogP contribution in [-0.4, -0.2) is 68.7 Å². The van der Waals surface area contributed by atoms with E-state index in [0.29, 0.717) is 24.4 Å². The molecule has 2 N–H and O–H groups in total. The fourth-order valence-electron chi connectivity index (χ4n) is 2.50. The lowest BCUT2D eigenvalue weighted by molar-refractivity contribution is -0.136. The quantitative estimate of drug-likeness (QED) is 0.419. The molecule has 0 atom stereocenters. The van der Waals surface area contributed by atoms with Crippen LogP contribution in [0.1, 0.15) is 23.7 Å². The Kier molecular flexibility index (Phi) is 8.04. The number of carbonyl (C=O) groups is 3. The van der Waals surface area contributed by atoms with E-state index in [-0.39, 0.29) is 0 Å². The number of esters is 1. The second kappa shape index (κ2) is 10.5. The molecule has 1 heterocycles. The third-order valence-electron chi connectivity index (χ3n) is 3.90. The highest BCUT2D eigenvalue weighted by Gasteiger charge is 2.14. The number of nitrogens with zero attached hydrogens (tertiary/aromatic N) is 1. The standard InChI is InChI=1S/C18H25N3O5/c1-2-26-18(24)14-4-6-15(7-5-14)20-17(23)16(22)19-8-3-9-21-10-12-25-13-11-21/h4-7H,2-3,8-13H2,1H3,(H,19,22)(H,20,23). The molecule has 8 heteroatoms. The van der Waals surface area contributed by atoms with Crippen molar-refractivity contribution in [3.05, 3.63) is 29.8 Å². The van der Waals surface area contributed by atoms with Crippen molar-refractivity contribution in [2.24, 2.45) is 0 Å². The molecule has 0 saturated carbocycles. The number of benzene rings is 1. The Labute approximate surface area is 152 Å². The zero-order valence-corrected chi connectivity index (χ0v) is 15.0. The van der Waals surface area contributed by atoms with Crippen LogP contribution in [0, 0.1) is 0 Å². The molecule has 1 aliphatic rings. The molecule has 26 heavy (non-hydrogen) atoms. The summed E-state index contributed by atoms with van der Waals surface area (Å²) < 4.78 is 10.2. The Balaban J connectivity index is 1.69. The second-order valence-corrected chi connectivity index (χ2v) is 5.82. The van der Waals surface area contributed by atoms with Gasteiger partial charge in [0, 0.05) is 25.3 Å². The molecule has 142 valence electrons. The normalized spacial score (nSPS) is 14.5. The molecule has 0 aliphatic carbocycles. The Bertz CT molecular complexity index is 612. The molecule has 1 aliphatic heterocycles. The van der Waals surface area contributed by atoms with Crippen molar-refractivity contribution in [2.45, 2.75) is 13.3 Å². The van der Waals surface area contributed by atoms with Gasteiger partial charge in [-0.1, -0.05) is 0 Å². The topological polar surface area (TPSA) is 97.0 Å². The number of carbonyl (C=O) groups excluding carboxylic acids is 3. The molecule has 1 aromatic rings. The lowest BCUT2D eigenvalue weighted by Crippen LogP contribution is -2.39. The monoisotopic (exact) mass is 363 g/mol. The maximum atomic E-state index is 11.9. The van der Waals surface area contributed by atoms with Gasteiger partial charge in [0.15, 0.2) is 0 Å². The van der Waals surface area contributed by atoms with Crippen molar-refractivity contribution in [3.63, 3.8) is 0 Å². The number of ether oxygens (including phenoxy) is 2. The number of hydrogen-bond acceptors (Lipinski definition) is 6.